The first-order valence-electron chi connectivity index (χ1n) is 6.08. The molecule has 0 atom stereocenters. The summed E-state index contributed by atoms with van der Waals surface area (Å²) in [6, 6.07) is 9.25. The highest BCUT2D eigenvalue weighted by Crippen LogP contribution is 2.21. The van der Waals surface area contributed by atoms with Crippen LogP contribution in [-0.4, -0.2) is 17.6 Å². The van der Waals surface area contributed by atoms with Crippen molar-refractivity contribution in [2.75, 3.05) is 6.54 Å². The third-order valence-electron chi connectivity index (χ3n) is 3.06. The Hall–Kier alpha value is -1.28. The van der Waals surface area contributed by atoms with Crippen LogP contribution in [0.4, 0.5) is 0 Å². The molecule has 1 aromatic heterocycles. The quantitative estimate of drug-likeness (QED) is 0.785. The zero-order chi connectivity index (χ0) is 11.5. The van der Waals surface area contributed by atoms with E-state index in [2.05, 4.69) is 55.3 Å². The fourth-order valence-corrected chi connectivity index (χ4v) is 2.22. The molecule has 0 radical (unpaired) electrons. The minimum Gasteiger partial charge on any atom is -0.358 e. The van der Waals surface area contributed by atoms with Crippen molar-refractivity contribution >= 4 is 10.9 Å². The number of nitrogens with one attached hydrogen (secondary N) is 1. The molecule has 0 saturated carbocycles. The van der Waals surface area contributed by atoms with Crippen LogP contribution in [0.25, 0.3) is 10.9 Å². The van der Waals surface area contributed by atoms with Gasteiger partial charge in [-0.05, 0) is 32.4 Å². The van der Waals surface area contributed by atoms with Gasteiger partial charge in [0.1, 0.15) is 0 Å². The highest BCUT2D eigenvalue weighted by molar-refractivity contribution is 5.84. The Balaban J connectivity index is 2.19. The van der Waals surface area contributed by atoms with Crippen molar-refractivity contribution < 1.29 is 5.32 Å². The molecule has 0 bridgehead atoms. The van der Waals surface area contributed by atoms with Gasteiger partial charge < -0.3 is 10.3 Å². The normalized spacial score (nSPS) is 11.5. The SMILES string of the molecule is Cc1[nH]c2ccccc2c1CC[NH2+]C(C)C. The minimum absolute atomic E-state index is 0.686. The summed E-state index contributed by atoms with van der Waals surface area (Å²) < 4.78 is 0. The summed E-state index contributed by atoms with van der Waals surface area (Å²) in [4.78, 5) is 3.45. The number of aromatic amines is 1. The summed E-state index contributed by atoms with van der Waals surface area (Å²) >= 11 is 0. The number of hydrogen-bond donors (Lipinski definition) is 2. The van der Waals surface area contributed by atoms with Gasteiger partial charge in [0.2, 0.25) is 0 Å². The number of aryl methyl sites for hydroxylation is 1. The van der Waals surface area contributed by atoms with Gasteiger partial charge >= 0.3 is 0 Å². The van der Waals surface area contributed by atoms with Gasteiger partial charge in [0.25, 0.3) is 0 Å². The summed E-state index contributed by atoms with van der Waals surface area (Å²) in [5, 5.41) is 3.78. The predicted octanol–water partition coefficient (Wildman–Crippen LogP) is 1.99. The van der Waals surface area contributed by atoms with Crippen LogP contribution in [0.15, 0.2) is 24.3 Å². The smallest absolute Gasteiger partial charge is 0.0802 e. The zero-order valence-corrected chi connectivity index (χ0v) is 10.4. The fourth-order valence-electron chi connectivity index (χ4n) is 2.22. The van der Waals surface area contributed by atoms with Crippen LogP contribution in [0.2, 0.25) is 0 Å². The number of aromatic nitrogens is 1. The van der Waals surface area contributed by atoms with Gasteiger partial charge in [0.05, 0.1) is 12.6 Å². The lowest BCUT2D eigenvalue weighted by Gasteiger charge is -2.05. The highest BCUT2D eigenvalue weighted by Gasteiger charge is 2.08. The maximum absolute atomic E-state index is 3.45. The molecule has 16 heavy (non-hydrogen) atoms. The Kier molecular flexibility index (Phi) is 3.30. The summed E-state index contributed by atoms with van der Waals surface area (Å²) in [5.41, 5.74) is 4.06. The van der Waals surface area contributed by atoms with Crippen molar-refractivity contribution in [3.05, 3.63) is 35.5 Å². The molecule has 2 nitrogen and oxygen atoms in total. The number of quaternary nitrogens is 1. The molecule has 0 spiro atoms. The van der Waals surface area contributed by atoms with Crippen LogP contribution in [0.1, 0.15) is 25.1 Å². The van der Waals surface area contributed by atoms with Crippen LogP contribution >= 0.6 is 0 Å². The first-order chi connectivity index (χ1) is 7.68. The molecule has 1 aromatic carbocycles. The summed E-state index contributed by atoms with van der Waals surface area (Å²) in [6.07, 6.45) is 1.15. The zero-order valence-electron chi connectivity index (χ0n) is 10.4. The van der Waals surface area contributed by atoms with E-state index in [1.54, 1.807) is 0 Å². The van der Waals surface area contributed by atoms with E-state index < -0.39 is 0 Å². The molecular formula is C14H21N2+. The van der Waals surface area contributed by atoms with E-state index in [1.807, 2.05) is 0 Å². The van der Waals surface area contributed by atoms with Gasteiger partial charge in [-0.2, -0.15) is 0 Å². The van der Waals surface area contributed by atoms with Crippen LogP contribution in [0.5, 0.6) is 0 Å². The first kappa shape index (κ1) is 11.2. The molecule has 0 aliphatic rings. The lowest BCUT2D eigenvalue weighted by molar-refractivity contribution is -0.682. The third kappa shape index (κ3) is 2.27. The van der Waals surface area contributed by atoms with E-state index in [0.717, 1.165) is 6.42 Å². The van der Waals surface area contributed by atoms with Crippen LogP contribution in [-0.2, 0) is 6.42 Å². The van der Waals surface area contributed by atoms with E-state index in [1.165, 1.54) is 28.7 Å². The molecule has 0 aliphatic heterocycles. The number of para-hydroxylation sites is 1. The Morgan fingerprint density at radius 1 is 1.25 bits per heavy atom. The van der Waals surface area contributed by atoms with Crippen molar-refractivity contribution in [1.82, 2.24) is 4.98 Å². The average Bonchev–Trinajstić information content (AvgIpc) is 2.55. The van der Waals surface area contributed by atoms with E-state index in [9.17, 15) is 0 Å². The predicted molar refractivity (Wildman–Crippen MR) is 68.7 cm³/mol. The molecule has 0 saturated heterocycles. The van der Waals surface area contributed by atoms with Gasteiger partial charge in [0.15, 0.2) is 0 Å². The monoisotopic (exact) mass is 217 g/mol. The second-order valence-electron chi connectivity index (χ2n) is 4.79. The summed E-state index contributed by atoms with van der Waals surface area (Å²) in [6.45, 7) is 7.81. The number of hydrogen-bond acceptors (Lipinski definition) is 0. The van der Waals surface area contributed by atoms with Gasteiger partial charge in [-0.3, -0.25) is 0 Å². The maximum Gasteiger partial charge on any atom is 0.0802 e. The summed E-state index contributed by atoms with van der Waals surface area (Å²) in [5.74, 6) is 0. The van der Waals surface area contributed by atoms with Gasteiger partial charge in [-0.15, -0.1) is 0 Å². The van der Waals surface area contributed by atoms with Crippen molar-refractivity contribution in [3.63, 3.8) is 0 Å². The molecule has 0 unspecified atom stereocenters. The molecule has 0 aliphatic carbocycles. The summed E-state index contributed by atoms with van der Waals surface area (Å²) in [7, 11) is 0. The van der Waals surface area contributed by atoms with Crippen molar-refractivity contribution in [2.24, 2.45) is 0 Å². The molecular weight excluding hydrogens is 196 g/mol. The number of H-pyrrole nitrogens is 1. The Bertz CT molecular complexity index is 469. The minimum atomic E-state index is 0.686. The number of fused-ring (bicyclic) bond motifs is 1. The van der Waals surface area contributed by atoms with Gasteiger partial charge in [-0.1, -0.05) is 18.2 Å². The number of rotatable bonds is 4. The lowest BCUT2D eigenvalue weighted by Crippen LogP contribution is -2.88. The largest absolute Gasteiger partial charge is 0.358 e. The average molecular weight is 217 g/mol. The van der Waals surface area contributed by atoms with E-state index in [-0.39, 0.29) is 0 Å². The van der Waals surface area contributed by atoms with Crippen LogP contribution in [0.3, 0.4) is 0 Å². The second-order valence-corrected chi connectivity index (χ2v) is 4.79. The number of nitrogens with two attached hydrogens (primary N) is 1. The lowest BCUT2D eigenvalue weighted by atomic mass is 10.1. The van der Waals surface area contributed by atoms with Crippen molar-refractivity contribution in [1.29, 1.82) is 0 Å². The molecule has 1 heterocycles. The van der Waals surface area contributed by atoms with Gasteiger partial charge in [-0.25, -0.2) is 0 Å². The van der Waals surface area contributed by atoms with Crippen LogP contribution < -0.4 is 5.32 Å². The number of benzene rings is 1. The molecule has 0 amide bonds. The van der Waals surface area contributed by atoms with Gasteiger partial charge in [0, 0.05) is 23.0 Å². The van der Waals surface area contributed by atoms with E-state index in [4.69, 9.17) is 0 Å². The van der Waals surface area contributed by atoms with Crippen molar-refractivity contribution in [3.8, 4) is 0 Å². The molecule has 86 valence electrons. The first-order valence-corrected chi connectivity index (χ1v) is 6.08. The second kappa shape index (κ2) is 4.71. The standard InChI is InChI=1S/C14H20N2/c1-10(2)15-9-8-12-11(3)16-14-7-5-4-6-13(12)14/h4-7,10,15-16H,8-9H2,1-3H3/p+1. The highest BCUT2D eigenvalue weighted by atomic mass is 14.9. The Morgan fingerprint density at radius 3 is 2.75 bits per heavy atom. The Labute approximate surface area is 97.1 Å². The Morgan fingerprint density at radius 2 is 2.00 bits per heavy atom. The molecule has 2 heteroatoms. The third-order valence-corrected chi connectivity index (χ3v) is 3.06. The van der Waals surface area contributed by atoms with E-state index in [0.29, 0.717) is 6.04 Å². The van der Waals surface area contributed by atoms with E-state index >= 15 is 0 Å². The molecule has 2 aromatic rings. The molecule has 2 rings (SSSR count). The molecule has 0 fully saturated rings. The van der Waals surface area contributed by atoms with Crippen molar-refractivity contribution in [2.45, 2.75) is 33.2 Å². The molecule has 3 N–H and O–H groups in total. The topological polar surface area (TPSA) is 32.4 Å². The maximum atomic E-state index is 3.45. The fraction of sp³-hybridized carbons (Fsp3) is 0.429. The van der Waals surface area contributed by atoms with Crippen LogP contribution in [0, 0.1) is 6.92 Å².